The van der Waals surface area contributed by atoms with E-state index < -0.39 is 22.0 Å². The average Bonchev–Trinajstić information content (AvgIpc) is 3.03. The molecule has 200 valence electrons. The minimum Gasteiger partial charge on any atom is -0.497 e. The van der Waals surface area contributed by atoms with Gasteiger partial charge in [-0.2, -0.15) is 4.72 Å². The predicted molar refractivity (Wildman–Crippen MR) is 133 cm³/mol. The van der Waals surface area contributed by atoms with Gasteiger partial charge in [0.2, 0.25) is 21.8 Å². The summed E-state index contributed by atoms with van der Waals surface area (Å²) in [6, 6.07) is 3.43. The van der Waals surface area contributed by atoms with Gasteiger partial charge >= 0.3 is 0 Å². The molecular weight excluding hydrogens is 488 g/mol. The standard InChI is InChI=1S/C23H36N6O6S/c1-34-17-6-7-19(35-2)20(13-17)36(32,33)27-18-5-3-4-10-29(22(18)31)15-21(30)26-14-16-8-11-28(12-9-16)23(24)25/h6-7,13,16,18,27H,3-5,8-12,14-15H2,1-2H3,(H3,24,25)(H,26,30). The number of amides is 2. The van der Waals surface area contributed by atoms with Crippen LogP contribution in [0.1, 0.15) is 32.1 Å². The Morgan fingerprint density at radius 2 is 1.86 bits per heavy atom. The van der Waals surface area contributed by atoms with Crippen LogP contribution in [0.4, 0.5) is 0 Å². The summed E-state index contributed by atoms with van der Waals surface area (Å²) in [5.74, 6) is 0.107. The molecule has 0 spiro atoms. The quantitative estimate of drug-likeness (QED) is 0.260. The lowest BCUT2D eigenvalue weighted by Gasteiger charge is -2.32. The van der Waals surface area contributed by atoms with E-state index in [9.17, 15) is 18.0 Å². The number of benzene rings is 1. The number of guanidine groups is 1. The molecule has 1 unspecified atom stereocenters. The molecule has 0 aliphatic carbocycles. The Morgan fingerprint density at radius 1 is 1.14 bits per heavy atom. The summed E-state index contributed by atoms with van der Waals surface area (Å²) in [4.78, 5) is 28.9. The van der Waals surface area contributed by atoms with E-state index in [-0.39, 0.29) is 35.0 Å². The van der Waals surface area contributed by atoms with Crippen LogP contribution in [0.15, 0.2) is 23.1 Å². The van der Waals surface area contributed by atoms with Crippen LogP contribution < -0.4 is 25.2 Å². The van der Waals surface area contributed by atoms with E-state index in [0.29, 0.717) is 51.2 Å². The molecule has 12 nitrogen and oxygen atoms in total. The summed E-state index contributed by atoms with van der Waals surface area (Å²) in [6.07, 6.45) is 3.28. The number of ether oxygens (including phenoxy) is 2. The third kappa shape index (κ3) is 7.00. The summed E-state index contributed by atoms with van der Waals surface area (Å²) in [6.45, 7) is 2.09. The highest BCUT2D eigenvalue weighted by molar-refractivity contribution is 7.89. The van der Waals surface area contributed by atoms with Crippen LogP contribution in [0, 0.1) is 11.3 Å². The van der Waals surface area contributed by atoms with Crippen LogP contribution in [0.25, 0.3) is 0 Å². The first-order valence-corrected chi connectivity index (χ1v) is 13.5. The van der Waals surface area contributed by atoms with Crippen molar-refractivity contribution < 1.29 is 27.5 Å². The van der Waals surface area contributed by atoms with E-state index >= 15 is 0 Å². The highest BCUT2D eigenvalue weighted by Gasteiger charge is 2.33. The minimum atomic E-state index is -4.10. The second kappa shape index (κ2) is 12.3. The van der Waals surface area contributed by atoms with Crippen LogP contribution in [0.3, 0.4) is 0 Å². The second-order valence-electron chi connectivity index (χ2n) is 9.07. The lowest BCUT2D eigenvalue weighted by atomic mass is 9.97. The number of sulfonamides is 1. The maximum absolute atomic E-state index is 13.2. The zero-order valence-corrected chi connectivity index (χ0v) is 21.6. The maximum Gasteiger partial charge on any atom is 0.245 e. The number of rotatable bonds is 9. The van der Waals surface area contributed by atoms with E-state index in [0.717, 1.165) is 12.8 Å². The molecule has 3 rings (SSSR count). The highest BCUT2D eigenvalue weighted by Crippen LogP contribution is 2.29. The number of carbonyl (C=O) groups is 2. The number of carbonyl (C=O) groups excluding carboxylic acids is 2. The van der Waals surface area contributed by atoms with Gasteiger partial charge in [0, 0.05) is 32.2 Å². The van der Waals surface area contributed by atoms with Gasteiger partial charge in [0.1, 0.15) is 22.4 Å². The van der Waals surface area contributed by atoms with E-state index in [2.05, 4.69) is 10.0 Å². The normalized spacial score (nSPS) is 19.5. The summed E-state index contributed by atoms with van der Waals surface area (Å²) >= 11 is 0. The zero-order chi connectivity index (χ0) is 26.3. The SMILES string of the molecule is COc1ccc(OC)c(S(=O)(=O)NC2CCCCN(CC(=O)NCC3CCN(C(=N)N)CC3)C2=O)c1. The number of hydrogen-bond acceptors (Lipinski definition) is 7. The van der Waals surface area contributed by atoms with Crippen molar-refractivity contribution in [3.8, 4) is 11.5 Å². The molecule has 2 fully saturated rings. The van der Waals surface area contributed by atoms with Gasteiger partial charge in [-0.1, -0.05) is 0 Å². The molecular formula is C23H36N6O6S. The molecule has 13 heteroatoms. The molecule has 2 aliphatic heterocycles. The van der Waals surface area contributed by atoms with Crippen LogP contribution in [0.5, 0.6) is 11.5 Å². The smallest absolute Gasteiger partial charge is 0.245 e. The fourth-order valence-electron chi connectivity index (χ4n) is 4.48. The first-order valence-electron chi connectivity index (χ1n) is 12.0. The Kier molecular flexibility index (Phi) is 9.37. The fourth-order valence-corrected chi connectivity index (χ4v) is 5.89. The van der Waals surface area contributed by atoms with Gasteiger partial charge in [0.25, 0.3) is 0 Å². The Bertz CT molecular complexity index is 1060. The molecule has 0 saturated carbocycles. The molecule has 36 heavy (non-hydrogen) atoms. The van der Waals surface area contributed by atoms with E-state index in [1.165, 1.54) is 31.3 Å². The summed E-state index contributed by atoms with van der Waals surface area (Å²) < 4.78 is 39.2. The molecule has 1 atom stereocenters. The third-order valence-electron chi connectivity index (χ3n) is 6.62. The monoisotopic (exact) mass is 524 g/mol. The lowest BCUT2D eigenvalue weighted by molar-refractivity contribution is -0.137. The molecule has 0 aromatic heterocycles. The summed E-state index contributed by atoms with van der Waals surface area (Å²) in [7, 11) is -1.31. The van der Waals surface area contributed by atoms with E-state index in [4.69, 9.17) is 20.6 Å². The van der Waals surface area contributed by atoms with Crippen LogP contribution >= 0.6 is 0 Å². The molecule has 0 bridgehead atoms. The maximum atomic E-state index is 13.2. The van der Waals surface area contributed by atoms with Crippen molar-refractivity contribution in [3.05, 3.63) is 18.2 Å². The molecule has 2 amide bonds. The topological polar surface area (TPSA) is 167 Å². The van der Waals surface area contributed by atoms with E-state index in [1.54, 1.807) is 11.0 Å². The van der Waals surface area contributed by atoms with Crippen molar-refractivity contribution in [2.24, 2.45) is 11.7 Å². The first kappa shape index (κ1) is 27.5. The number of nitrogens with two attached hydrogens (primary N) is 1. The number of likely N-dealkylation sites (tertiary alicyclic amines) is 2. The van der Waals surface area contributed by atoms with Gasteiger partial charge in [-0.05, 0) is 50.2 Å². The molecule has 2 heterocycles. The Balaban J connectivity index is 1.60. The van der Waals surface area contributed by atoms with E-state index in [1.807, 2.05) is 0 Å². The largest absolute Gasteiger partial charge is 0.497 e. The van der Waals surface area contributed by atoms with Crippen LogP contribution in [-0.4, -0.2) is 89.0 Å². The fraction of sp³-hybridized carbons (Fsp3) is 0.609. The second-order valence-corrected chi connectivity index (χ2v) is 10.7. The van der Waals surface area contributed by atoms with Gasteiger partial charge in [-0.25, -0.2) is 8.42 Å². The number of methoxy groups -OCH3 is 2. The van der Waals surface area contributed by atoms with Gasteiger partial charge in [-0.3, -0.25) is 15.0 Å². The molecule has 0 radical (unpaired) electrons. The third-order valence-corrected chi connectivity index (χ3v) is 8.11. The average molecular weight is 525 g/mol. The van der Waals surface area contributed by atoms with Crippen molar-refractivity contribution >= 4 is 27.8 Å². The number of hydrogen-bond donors (Lipinski definition) is 4. The van der Waals surface area contributed by atoms with Crippen LogP contribution in [0.2, 0.25) is 0 Å². The van der Waals surface area contributed by atoms with Crippen LogP contribution in [-0.2, 0) is 19.6 Å². The van der Waals surface area contributed by atoms with Gasteiger partial charge in [-0.15, -0.1) is 0 Å². The summed E-state index contributed by atoms with van der Waals surface area (Å²) in [5, 5.41) is 10.4. The summed E-state index contributed by atoms with van der Waals surface area (Å²) in [5.41, 5.74) is 5.52. The molecule has 2 aliphatic rings. The number of nitrogens with one attached hydrogen (secondary N) is 3. The first-order chi connectivity index (χ1) is 17.1. The van der Waals surface area contributed by atoms with Crippen molar-refractivity contribution in [1.82, 2.24) is 19.8 Å². The highest BCUT2D eigenvalue weighted by atomic mass is 32.2. The molecule has 1 aromatic rings. The van der Waals surface area contributed by atoms with Gasteiger partial charge in [0.15, 0.2) is 5.96 Å². The van der Waals surface area contributed by atoms with Crippen molar-refractivity contribution in [3.63, 3.8) is 0 Å². The van der Waals surface area contributed by atoms with Crippen molar-refractivity contribution in [1.29, 1.82) is 5.41 Å². The van der Waals surface area contributed by atoms with Crippen molar-refractivity contribution in [2.45, 2.75) is 43.0 Å². The molecule has 2 saturated heterocycles. The molecule has 5 N–H and O–H groups in total. The van der Waals surface area contributed by atoms with Gasteiger partial charge in [0.05, 0.1) is 20.8 Å². The minimum absolute atomic E-state index is 0.0622. The Labute approximate surface area is 212 Å². The number of nitrogens with zero attached hydrogens (tertiary/aromatic N) is 2. The molecule has 1 aromatic carbocycles. The zero-order valence-electron chi connectivity index (χ0n) is 20.8. The van der Waals surface area contributed by atoms with Gasteiger partial charge < -0.3 is 30.3 Å². The number of piperidine rings is 1. The Morgan fingerprint density at radius 3 is 2.50 bits per heavy atom. The Hall–Kier alpha value is -3.06. The van der Waals surface area contributed by atoms with Crippen molar-refractivity contribution in [2.75, 3.05) is 46.9 Å². The predicted octanol–water partition coefficient (Wildman–Crippen LogP) is 0.0849. The lowest BCUT2D eigenvalue weighted by Crippen LogP contribution is -2.50.